The second-order valence-electron chi connectivity index (χ2n) is 6.56. The Labute approximate surface area is 166 Å². The van der Waals surface area contributed by atoms with Gasteiger partial charge in [0.15, 0.2) is 0 Å². The van der Waals surface area contributed by atoms with E-state index in [4.69, 9.17) is 21.7 Å². The predicted molar refractivity (Wildman–Crippen MR) is 98.0 cm³/mol. The molecule has 13 heteroatoms. The smallest absolute Gasteiger partial charge is 0.326 e. The van der Waals surface area contributed by atoms with Crippen LogP contribution in [-0.4, -0.2) is 70.5 Å². The minimum absolute atomic E-state index is 0.314. The van der Waals surface area contributed by atoms with Gasteiger partial charge in [-0.15, -0.1) is 0 Å². The Hall–Kier alpha value is -3.22. The molecule has 0 heterocycles. The number of carboxylic acids is 2. The van der Waals surface area contributed by atoms with Crippen LogP contribution in [0.15, 0.2) is 0 Å². The highest BCUT2D eigenvalue weighted by Crippen LogP contribution is 2.05. The van der Waals surface area contributed by atoms with E-state index in [0.717, 1.165) is 0 Å². The van der Waals surface area contributed by atoms with Crippen LogP contribution >= 0.6 is 0 Å². The van der Waals surface area contributed by atoms with E-state index in [1.54, 1.807) is 13.8 Å². The zero-order valence-electron chi connectivity index (χ0n) is 16.1. The lowest BCUT2D eigenvalue weighted by molar-refractivity contribution is -0.144. The van der Waals surface area contributed by atoms with Gasteiger partial charge in [0.25, 0.3) is 0 Å². The van der Waals surface area contributed by atoms with Gasteiger partial charge in [-0.1, -0.05) is 13.8 Å². The van der Waals surface area contributed by atoms with Crippen LogP contribution in [0.3, 0.4) is 0 Å². The molecule has 0 bridgehead atoms. The van der Waals surface area contributed by atoms with Gasteiger partial charge in [-0.3, -0.25) is 24.0 Å². The number of rotatable bonds is 13. The molecule has 0 rings (SSSR count). The topological polar surface area (TPSA) is 231 Å². The van der Waals surface area contributed by atoms with Crippen molar-refractivity contribution in [2.24, 2.45) is 17.4 Å². The number of aliphatic carboxylic acids is 2. The number of carboxylic acid groups (broad SMARTS) is 2. The summed E-state index contributed by atoms with van der Waals surface area (Å²) in [5.74, 6) is -6.64. The van der Waals surface area contributed by atoms with Crippen LogP contribution in [0, 0.1) is 5.92 Å². The van der Waals surface area contributed by atoms with Gasteiger partial charge >= 0.3 is 11.9 Å². The van der Waals surface area contributed by atoms with Gasteiger partial charge in [0, 0.05) is 6.42 Å². The number of nitrogens with two attached hydrogens (primary N) is 2. The average Bonchev–Trinajstić information content (AvgIpc) is 2.60. The normalized spacial score (nSPS) is 13.7. The molecule has 0 aliphatic heterocycles. The SMILES string of the molecule is CC(C)C(NC(=O)CN)C(=O)NC(CC(=O)O)C(=O)NC(CCC(N)=O)C(=O)O. The molecule has 0 aromatic carbocycles. The lowest BCUT2D eigenvalue weighted by Gasteiger charge is -2.25. The summed E-state index contributed by atoms with van der Waals surface area (Å²) in [4.78, 5) is 69.4. The zero-order chi connectivity index (χ0) is 22.7. The van der Waals surface area contributed by atoms with E-state index in [9.17, 15) is 28.8 Å². The van der Waals surface area contributed by atoms with E-state index in [1.165, 1.54) is 0 Å². The summed E-state index contributed by atoms with van der Waals surface area (Å²) in [7, 11) is 0. The Morgan fingerprint density at radius 2 is 1.45 bits per heavy atom. The summed E-state index contributed by atoms with van der Waals surface area (Å²) in [6.07, 6.45) is -1.48. The Kier molecular flexibility index (Phi) is 10.9. The van der Waals surface area contributed by atoms with E-state index in [1.807, 2.05) is 0 Å². The minimum Gasteiger partial charge on any atom is -0.481 e. The minimum atomic E-state index is -1.62. The first-order chi connectivity index (χ1) is 13.4. The molecule has 0 aliphatic rings. The number of hydrogen-bond donors (Lipinski definition) is 7. The van der Waals surface area contributed by atoms with Crippen molar-refractivity contribution in [3.8, 4) is 0 Å². The summed E-state index contributed by atoms with van der Waals surface area (Å²) in [6, 6.07) is -4.23. The lowest BCUT2D eigenvalue weighted by atomic mass is 10.0. The van der Waals surface area contributed by atoms with Gasteiger partial charge in [-0.2, -0.15) is 0 Å². The molecule has 0 fully saturated rings. The van der Waals surface area contributed by atoms with Crippen molar-refractivity contribution in [2.75, 3.05) is 6.54 Å². The molecule has 0 radical (unpaired) electrons. The fraction of sp³-hybridized carbons (Fsp3) is 0.625. The van der Waals surface area contributed by atoms with E-state index in [-0.39, 0.29) is 19.4 Å². The highest BCUT2D eigenvalue weighted by molar-refractivity contribution is 5.95. The summed E-state index contributed by atoms with van der Waals surface area (Å²) in [5.41, 5.74) is 10.1. The largest absolute Gasteiger partial charge is 0.481 e. The van der Waals surface area contributed by atoms with Crippen LogP contribution in [0.1, 0.15) is 33.1 Å². The fourth-order valence-electron chi connectivity index (χ4n) is 2.23. The molecule has 0 aliphatic carbocycles. The van der Waals surface area contributed by atoms with Crippen molar-refractivity contribution >= 4 is 35.6 Å². The van der Waals surface area contributed by atoms with Crippen molar-refractivity contribution in [3.63, 3.8) is 0 Å². The molecular weight excluding hydrogens is 390 g/mol. The maximum Gasteiger partial charge on any atom is 0.326 e. The summed E-state index contributed by atoms with van der Waals surface area (Å²) >= 11 is 0. The molecule has 13 nitrogen and oxygen atoms in total. The number of amides is 4. The highest BCUT2D eigenvalue weighted by atomic mass is 16.4. The van der Waals surface area contributed by atoms with E-state index in [0.29, 0.717) is 0 Å². The van der Waals surface area contributed by atoms with Gasteiger partial charge in [0.1, 0.15) is 18.1 Å². The number of carbonyl (C=O) groups excluding carboxylic acids is 4. The number of nitrogens with one attached hydrogen (secondary N) is 3. The summed E-state index contributed by atoms with van der Waals surface area (Å²) in [6.45, 7) is 2.84. The van der Waals surface area contributed by atoms with Crippen molar-refractivity contribution in [1.82, 2.24) is 16.0 Å². The molecule has 0 spiro atoms. The molecule has 3 atom stereocenters. The summed E-state index contributed by atoms with van der Waals surface area (Å²) in [5, 5.41) is 24.8. The Balaban J connectivity index is 5.35. The van der Waals surface area contributed by atoms with Gasteiger partial charge in [-0.05, 0) is 12.3 Å². The molecule has 164 valence electrons. The van der Waals surface area contributed by atoms with Crippen LogP contribution in [0.5, 0.6) is 0 Å². The maximum absolute atomic E-state index is 12.5. The Morgan fingerprint density at radius 1 is 0.897 bits per heavy atom. The zero-order valence-corrected chi connectivity index (χ0v) is 16.1. The van der Waals surface area contributed by atoms with Crippen LogP contribution in [0.25, 0.3) is 0 Å². The molecular formula is C16H27N5O8. The molecule has 29 heavy (non-hydrogen) atoms. The third-order valence-electron chi connectivity index (χ3n) is 3.76. The quantitative estimate of drug-likeness (QED) is 0.160. The van der Waals surface area contributed by atoms with Crippen molar-refractivity contribution in [2.45, 2.75) is 51.2 Å². The van der Waals surface area contributed by atoms with Crippen molar-refractivity contribution in [1.29, 1.82) is 0 Å². The molecule has 9 N–H and O–H groups in total. The number of hydrogen-bond acceptors (Lipinski definition) is 7. The first-order valence-electron chi connectivity index (χ1n) is 8.72. The number of primary amides is 1. The van der Waals surface area contributed by atoms with Gasteiger partial charge in [0.05, 0.1) is 13.0 Å². The predicted octanol–water partition coefficient (Wildman–Crippen LogP) is -3.12. The molecule has 0 aromatic rings. The first kappa shape index (κ1) is 25.8. The molecule has 3 unspecified atom stereocenters. The number of carbonyl (C=O) groups is 6. The molecule has 0 saturated heterocycles. The van der Waals surface area contributed by atoms with Gasteiger partial charge < -0.3 is 37.6 Å². The highest BCUT2D eigenvalue weighted by Gasteiger charge is 2.32. The lowest BCUT2D eigenvalue weighted by Crippen LogP contribution is -2.57. The van der Waals surface area contributed by atoms with Crippen LogP contribution in [0.4, 0.5) is 0 Å². The van der Waals surface area contributed by atoms with E-state index >= 15 is 0 Å². The Bertz CT molecular complexity index is 651. The van der Waals surface area contributed by atoms with E-state index in [2.05, 4.69) is 16.0 Å². The van der Waals surface area contributed by atoms with Crippen LogP contribution in [0.2, 0.25) is 0 Å². The van der Waals surface area contributed by atoms with Crippen LogP contribution < -0.4 is 27.4 Å². The van der Waals surface area contributed by atoms with Crippen molar-refractivity contribution < 1.29 is 39.0 Å². The third-order valence-corrected chi connectivity index (χ3v) is 3.76. The Morgan fingerprint density at radius 3 is 1.86 bits per heavy atom. The van der Waals surface area contributed by atoms with E-state index < -0.39 is 66.0 Å². The average molecular weight is 417 g/mol. The second kappa shape index (κ2) is 12.3. The van der Waals surface area contributed by atoms with Crippen LogP contribution in [-0.2, 0) is 28.8 Å². The molecule has 0 aromatic heterocycles. The monoisotopic (exact) mass is 417 g/mol. The van der Waals surface area contributed by atoms with Crippen molar-refractivity contribution in [3.05, 3.63) is 0 Å². The van der Waals surface area contributed by atoms with Gasteiger partial charge in [0.2, 0.25) is 23.6 Å². The first-order valence-corrected chi connectivity index (χ1v) is 8.72. The summed E-state index contributed by atoms with van der Waals surface area (Å²) < 4.78 is 0. The third kappa shape index (κ3) is 10.0. The maximum atomic E-state index is 12.5. The second-order valence-corrected chi connectivity index (χ2v) is 6.56. The molecule has 4 amide bonds. The molecule has 0 saturated carbocycles. The van der Waals surface area contributed by atoms with Gasteiger partial charge in [-0.25, -0.2) is 4.79 Å². The fourth-order valence-corrected chi connectivity index (χ4v) is 2.23. The standard InChI is InChI=1S/C16H27N5O8/c1-7(2)13(21-11(23)6-17)15(27)20-9(5-12(24)25)14(26)19-8(16(28)29)3-4-10(18)22/h7-9,13H,3-6,17H2,1-2H3,(H2,18,22)(H,19,26)(H,20,27)(H,21,23)(H,24,25)(H,28,29).